The van der Waals surface area contributed by atoms with Gasteiger partial charge in [-0.05, 0) is 33.1 Å². The van der Waals surface area contributed by atoms with E-state index in [0.29, 0.717) is 12.3 Å². The molecule has 18 heavy (non-hydrogen) atoms. The van der Waals surface area contributed by atoms with Gasteiger partial charge in [-0.1, -0.05) is 20.8 Å². The van der Waals surface area contributed by atoms with Crippen molar-refractivity contribution in [2.24, 2.45) is 11.8 Å². The fourth-order valence-electron chi connectivity index (χ4n) is 1.89. The summed E-state index contributed by atoms with van der Waals surface area (Å²) in [6, 6.07) is 0. The summed E-state index contributed by atoms with van der Waals surface area (Å²) in [5, 5.41) is 9.50. The fraction of sp³-hybridized carbons (Fsp3) is 0.786. The Balaban J connectivity index is 2.58. The Morgan fingerprint density at radius 2 is 1.94 bits per heavy atom. The van der Waals surface area contributed by atoms with Crippen molar-refractivity contribution in [1.29, 1.82) is 0 Å². The molecule has 0 aromatic carbocycles. The van der Waals surface area contributed by atoms with Crippen LogP contribution in [0.25, 0.3) is 0 Å². The zero-order chi connectivity index (χ0) is 14.1. The summed E-state index contributed by atoms with van der Waals surface area (Å²) >= 11 is 0. The standard InChI is InChI=1S/C14H24O4/c1-8(2)11-10(13(16)17-11)7-9(3)12(15)18-14(4,5)6/h8-9,11,16H,7H2,1-6H3/t9-,11-/m0/s1. The van der Waals surface area contributed by atoms with Crippen LogP contribution in [-0.4, -0.2) is 22.8 Å². The highest BCUT2D eigenvalue weighted by atomic mass is 16.6. The average Bonchev–Trinajstić information content (AvgIpc) is 2.19. The van der Waals surface area contributed by atoms with Gasteiger partial charge in [-0.2, -0.15) is 0 Å². The van der Waals surface area contributed by atoms with Crippen molar-refractivity contribution in [3.05, 3.63) is 11.5 Å². The van der Waals surface area contributed by atoms with Gasteiger partial charge in [0.1, 0.15) is 11.7 Å². The third kappa shape index (κ3) is 3.65. The molecule has 0 aliphatic carbocycles. The molecule has 0 fully saturated rings. The molecule has 1 aliphatic rings. The molecule has 0 amide bonds. The molecule has 0 bridgehead atoms. The predicted molar refractivity (Wildman–Crippen MR) is 69.0 cm³/mol. The molecule has 1 N–H and O–H groups in total. The number of hydrogen-bond acceptors (Lipinski definition) is 4. The van der Waals surface area contributed by atoms with E-state index < -0.39 is 5.60 Å². The minimum absolute atomic E-state index is 0.0240. The first-order valence-corrected chi connectivity index (χ1v) is 6.43. The lowest BCUT2D eigenvalue weighted by atomic mass is 9.89. The third-order valence-electron chi connectivity index (χ3n) is 2.80. The number of carbonyl (C=O) groups is 1. The first-order valence-electron chi connectivity index (χ1n) is 6.43. The molecule has 4 heteroatoms. The van der Waals surface area contributed by atoms with E-state index in [2.05, 4.69) is 0 Å². The quantitative estimate of drug-likeness (QED) is 0.785. The van der Waals surface area contributed by atoms with Crippen LogP contribution >= 0.6 is 0 Å². The van der Waals surface area contributed by atoms with Gasteiger partial charge in [-0.15, -0.1) is 0 Å². The second kappa shape index (κ2) is 5.21. The lowest BCUT2D eigenvalue weighted by Crippen LogP contribution is -2.35. The summed E-state index contributed by atoms with van der Waals surface area (Å²) < 4.78 is 10.5. The van der Waals surface area contributed by atoms with Gasteiger partial charge >= 0.3 is 5.97 Å². The van der Waals surface area contributed by atoms with Gasteiger partial charge in [0, 0.05) is 0 Å². The molecule has 0 unspecified atom stereocenters. The summed E-state index contributed by atoms with van der Waals surface area (Å²) in [6.07, 6.45) is 0.415. The predicted octanol–water partition coefficient (Wildman–Crippen LogP) is 3.18. The number of aliphatic hydroxyl groups excluding tert-OH is 1. The van der Waals surface area contributed by atoms with Crippen LogP contribution < -0.4 is 0 Å². The van der Waals surface area contributed by atoms with E-state index in [-0.39, 0.29) is 23.9 Å². The van der Waals surface area contributed by atoms with Crippen LogP contribution in [-0.2, 0) is 14.3 Å². The van der Waals surface area contributed by atoms with Crippen molar-refractivity contribution in [2.75, 3.05) is 0 Å². The lowest BCUT2D eigenvalue weighted by Gasteiger charge is -2.34. The zero-order valence-electron chi connectivity index (χ0n) is 12.1. The molecule has 1 aliphatic heterocycles. The summed E-state index contributed by atoms with van der Waals surface area (Å²) in [7, 11) is 0. The van der Waals surface area contributed by atoms with Crippen LogP contribution in [0.3, 0.4) is 0 Å². The Hall–Kier alpha value is -1.19. The lowest BCUT2D eigenvalue weighted by molar-refractivity contribution is -0.159. The number of ether oxygens (including phenoxy) is 2. The molecule has 1 heterocycles. The smallest absolute Gasteiger partial charge is 0.309 e. The molecule has 0 aromatic rings. The minimum atomic E-state index is -0.477. The molecular formula is C14H24O4. The van der Waals surface area contributed by atoms with Gasteiger partial charge in [-0.3, -0.25) is 4.79 Å². The van der Waals surface area contributed by atoms with Crippen LogP contribution in [0.5, 0.6) is 0 Å². The second-order valence-electron chi connectivity index (χ2n) is 6.25. The first-order chi connectivity index (χ1) is 8.11. The zero-order valence-corrected chi connectivity index (χ0v) is 12.1. The van der Waals surface area contributed by atoms with Crippen molar-refractivity contribution < 1.29 is 19.4 Å². The van der Waals surface area contributed by atoms with Crippen LogP contribution in [0.15, 0.2) is 11.5 Å². The van der Waals surface area contributed by atoms with E-state index in [1.807, 2.05) is 41.5 Å². The van der Waals surface area contributed by atoms with Crippen molar-refractivity contribution >= 4 is 5.97 Å². The molecule has 4 nitrogen and oxygen atoms in total. The Kier molecular flexibility index (Phi) is 4.30. The van der Waals surface area contributed by atoms with Crippen molar-refractivity contribution in [3.8, 4) is 0 Å². The number of aliphatic hydroxyl groups is 1. The fourth-order valence-corrected chi connectivity index (χ4v) is 1.89. The summed E-state index contributed by atoms with van der Waals surface area (Å²) in [5.41, 5.74) is 0.346. The molecule has 0 saturated carbocycles. The maximum atomic E-state index is 11.9. The molecule has 2 atom stereocenters. The summed E-state index contributed by atoms with van der Waals surface area (Å²) in [6.45, 7) is 11.4. The number of hydrogen-bond donors (Lipinski definition) is 1. The minimum Gasteiger partial charge on any atom is -0.481 e. The third-order valence-corrected chi connectivity index (χ3v) is 2.80. The molecular weight excluding hydrogens is 232 g/mol. The SMILES string of the molecule is CC(C)[C@@H]1OC(O)=C1C[C@H](C)C(=O)OC(C)(C)C. The normalized spacial score (nSPS) is 21.4. The maximum Gasteiger partial charge on any atom is 0.309 e. The van der Waals surface area contributed by atoms with E-state index in [1.54, 1.807) is 0 Å². The average molecular weight is 256 g/mol. The molecule has 0 radical (unpaired) electrons. The van der Waals surface area contributed by atoms with Gasteiger partial charge in [0.25, 0.3) is 5.95 Å². The van der Waals surface area contributed by atoms with Crippen LogP contribution in [0, 0.1) is 11.8 Å². The highest BCUT2D eigenvalue weighted by Gasteiger charge is 2.36. The van der Waals surface area contributed by atoms with Gasteiger partial charge in [-0.25, -0.2) is 0 Å². The summed E-state index contributed by atoms with van der Waals surface area (Å²) in [4.78, 5) is 11.9. The molecule has 104 valence electrons. The first kappa shape index (κ1) is 14.9. The topological polar surface area (TPSA) is 55.8 Å². The van der Waals surface area contributed by atoms with Gasteiger partial charge in [0.05, 0.1) is 11.5 Å². The van der Waals surface area contributed by atoms with E-state index in [0.717, 1.165) is 5.57 Å². The molecule has 0 spiro atoms. The number of carbonyl (C=O) groups excluding carboxylic acids is 1. The maximum absolute atomic E-state index is 11.9. The highest BCUT2D eigenvalue weighted by Crippen LogP contribution is 2.35. The monoisotopic (exact) mass is 256 g/mol. The largest absolute Gasteiger partial charge is 0.481 e. The highest BCUT2D eigenvalue weighted by molar-refractivity contribution is 5.72. The Bertz CT molecular complexity index is 349. The summed E-state index contributed by atoms with van der Waals surface area (Å²) in [5.74, 6) is -0.241. The molecule has 0 saturated heterocycles. The van der Waals surface area contributed by atoms with E-state index in [9.17, 15) is 9.90 Å². The van der Waals surface area contributed by atoms with Crippen LogP contribution in [0.2, 0.25) is 0 Å². The Morgan fingerprint density at radius 1 is 1.39 bits per heavy atom. The molecule has 1 rings (SSSR count). The van der Waals surface area contributed by atoms with Crippen molar-refractivity contribution in [1.82, 2.24) is 0 Å². The van der Waals surface area contributed by atoms with Gasteiger partial charge < -0.3 is 14.6 Å². The van der Waals surface area contributed by atoms with Crippen LogP contribution in [0.4, 0.5) is 0 Å². The Labute approximate surface area is 109 Å². The number of rotatable bonds is 4. The van der Waals surface area contributed by atoms with E-state index >= 15 is 0 Å². The Morgan fingerprint density at radius 3 is 2.33 bits per heavy atom. The van der Waals surface area contributed by atoms with Crippen molar-refractivity contribution in [3.63, 3.8) is 0 Å². The van der Waals surface area contributed by atoms with Crippen molar-refractivity contribution in [2.45, 2.75) is 59.7 Å². The van der Waals surface area contributed by atoms with E-state index in [1.165, 1.54) is 0 Å². The van der Waals surface area contributed by atoms with E-state index in [4.69, 9.17) is 9.47 Å². The van der Waals surface area contributed by atoms with Crippen LogP contribution in [0.1, 0.15) is 48.0 Å². The van der Waals surface area contributed by atoms with Gasteiger partial charge in [0.15, 0.2) is 0 Å². The van der Waals surface area contributed by atoms with Gasteiger partial charge in [0.2, 0.25) is 0 Å². The molecule has 0 aromatic heterocycles. The second-order valence-corrected chi connectivity index (χ2v) is 6.25. The number of esters is 1.